The van der Waals surface area contributed by atoms with Crippen molar-refractivity contribution < 1.29 is 14.3 Å². The standard InChI is InChI=1S/C24H31N3O3/c1-30-22-12-6-5-11-21(22)27(17-15-23(25)28)24(29)18-26-16-7-10-20(26)14-13-19-8-3-2-4-9-19/h2-6,8-9,11-12,20H,7,10,13-18H2,1H3,(H2,25,28)/t20-/m1/s1. The molecule has 0 aromatic heterocycles. The smallest absolute Gasteiger partial charge is 0.241 e. The van der Waals surface area contributed by atoms with E-state index in [4.69, 9.17) is 10.5 Å². The van der Waals surface area contributed by atoms with E-state index in [1.54, 1.807) is 12.0 Å². The summed E-state index contributed by atoms with van der Waals surface area (Å²) < 4.78 is 5.44. The third-order valence-electron chi connectivity index (χ3n) is 5.71. The van der Waals surface area contributed by atoms with Crippen LogP contribution in [0.3, 0.4) is 0 Å². The molecule has 1 aliphatic heterocycles. The number of nitrogens with two attached hydrogens (primary N) is 1. The van der Waals surface area contributed by atoms with E-state index in [-0.39, 0.29) is 18.9 Å². The largest absolute Gasteiger partial charge is 0.495 e. The van der Waals surface area contributed by atoms with Crippen molar-refractivity contribution in [3.8, 4) is 5.75 Å². The molecule has 0 spiro atoms. The second-order valence-corrected chi connectivity index (χ2v) is 7.72. The summed E-state index contributed by atoms with van der Waals surface area (Å²) in [6.45, 7) is 1.49. The number of methoxy groups -OCH3 is 1. The van der Waals surface area contributed by atoms with Gasteiger partial charge in [-0.25, -0.2) is 0 Å². The van der Waals surface area contributed by atoms with Gasteiger partial charge in [0, 0.05) is 19.0 Å². The van der Waals surface area contributed by atoms with Crippen molar-refractivity contribution in [3.05, 3.63) is 60.2 Å². The van der Waals surface area contributed by atoms with Gasteiger partial charge in [0.15, 0.2) is 0 Å². The third kappa shape index (κ3) is 5.83. The molecule has 1 heterocycles. The monoisotopic (exact) mass is 409 g/mol. The van der Waals surface area contributed by atoms with Crippen molar-refractivity contribution in [1.29, 1.82) is 0 Å². The average molecular weight is 410 g/mol. The van der Waals surface area contributed by atoms with E-state index in [0.29, 0.717) is 24.0 Å². The van der Waals surface area contributed by atoms with Crippen LogP contribution in [0.4, 0.5) is 5.69 Å². The predicted molar refractivity (Wildman–Crippen MR) is 119 cm³/mol. The Labute approximate surface area is 178 Å². The normalized spacial score (nSPS) is 16.4. The van der Waals surface area contributed by atoms with Gasteiger partial charge in [0.05, 0.1) is 19.3 Å². The topological polar surface area (TPSA) is 75.9 Å². The van der Waals surface area contributed by atoms with Crippen molar-refractivity contribution in [2.45, 2.75) is 38.1 Å². The summed E-state index contributed by atoms with van der Waals surface area (Å²) in [7, 11) is 1.58. The lowest BCUT2D eigenvalue weighted by Gasteiger charge is -2.29. The van der Waals surface area contributed by atoms with Crippen LogP contribution in [-0.4, -0.2) is 49.5 Å². The maximum Gasteiger partial charge on any atom is 0.241 e. The van der Waals surface area contributed by atoms with Crippen LogP contribution in [0.1, 0.15) is 31.2 Å². The molecule has 2 N–H and O–H groups in total. The van der Waals surface area contributed by atoms with Crippen molar-refractivity contribution in [2.24, 2.45) is 5.73 Å². The van der Waals surface area contributed by atoms with Crippen LogP contribution in [0, 0.1) is 0 Å². The van der Waals surface area contributed by atoms with Crippen LogP contribution in [0.25, 0.3) is 0 Å². The molecule has 2 amide bonds. The number of amides is 2. The highest BCUT2D eigenvalue weighted by Crippen LogP contribution is 2.29. The van der Waals surface area contributed by atoms with Gasteiger partial charge in [0.1, 0.15) is 5.75 Å². The fourth-order valence-electron chi connectivity index (χ4n) is 4.12. The second-order valence-electron chi connectivity index (χ2n) is 7.72. The summed E-state index contributed by atoms with van der Waals surface area (Å²) in [6.07, 6.45) is 4.36. The van der Waals surface area contributed by atoms with Crippen LogP contribution < -0.4 is 15.4 Å². The molecule has 3 rings (SSSR count). The molecule has 2 aromatic rings. The minimum Gasteiger partial charge on any atom is -0.495 e. The van der Waals surface area contributed by atoms with E-state index in [1.807, 2.05) is 30.3 Å². The molecule has 2 aromatic carbocycles. The van der Waals surface area contributed by atoms with Crippen molar-refractivity contribution >= 4 is 17.5 Å². The lowest BCUT2D eigenvalue weighted by Crippen LogP contribution is -2.43. The number of ether oxygens (including phenoxy) is 1. The number of anilines is 1. The van der Waals surface area contributed by atoms with Crippen molar-refractivity contribution in [3.63, 3.8) is 0 Å². The molecule has 0 aliphatic carbocycles. The van der Waals surface area contributed by atoms with Gasteiger partial charge in [-0.2, -0.15) is 0 Å². The molecule has 1 atom stereocenters. The highest BCUT2D eigenvalue weighted by molar-refractivity contribution is 5.96. The molecule has 0 bridgehead atoms. The zero-order valence-corrected chi connectivity index (χ0v) is 17.6. The summed E-state index contributed by atoms with van der Waals surface area (Å²) in [5, 5.41) is 0. The number of rotatable bonds is 10. The van der Waals surface area contributed by atoms with Gasteiger partial charge in [0.2, 0.25) is 11.8 Å². The second kappa shape index (κ2) is 10.8. The van der Waals surface area contributed by atoms with Gasteiger partial charge in [-0.3, -0.25) is 14.5 Å². The number of carbonyl (C=O) groups is 2. The first-order valence-electron chi connectivity index (χ1n) is 10.6. The summed E-state index contributed by atoms with van der Waals surface area (Å²) in [5.74, 6) is 0.148. The number of benzene rings is 2. The average Bonchev–Trinajstić information content (AvgIpc) is 3.20. The molecule has 0 radical (unpaired) electrons. The van der Waals surface area contributed by atoms with Crippen LogP contribution in [0.5, 0.6) is 5.75 Å². The zero-order chi connectivity index (χ0) is 21.3. The van der Waals surface area contributed by atoms with E-state index in [2.05, 4.69) is 29.2 Å². The first-order valence-corrected chi connectivity index (χ1v) is 10.6. The van der Waals surface area contributed by atoms with E-state index in [0.717, 1.165) is 32.2 Å². The Morgan fingerprint density at radius 2 is 1.87 bits per heavy atom. The quantitative estimate of drug-likeness (QED) is 0.655. The highest BCUT2D eigenvalue weighted by atomic mass is 16.5. The minimum absolute atomic E-state index is 0.0349. The summed E-state index contributed by atoms with van der Waals surface area (Å²) in [4.78, 5) is 28.6. The number of para-hydroxylation sites is 2. The molecule has 0 saturated carbocycles. The Bertz CT molecular complexity index is 841. The molecule has 6 nitrogen and oxygen atoms in total. The number of primary amides is 1. The minimum atomic E-state index is -0.426. The van der Waals surface area contributed by atoms with Crippen LogP contribution in [0.15, 0.2) is 54.6 Å². The summed E-state index contributed by atoms with van der Waals surface area (Å²) >= 11 is 0. The Hall–Kier alpha value is -2.86. The lowest BCUT2D eigenvalue weighted by atomic mass is 10.0. The van der Waals surface area contributed by atoms with Crippen molar-refractivity contribution in [1.82, 2.24) is 4.90 Å². The number of hydrogen-bond acceptors (Lipinski definition) is 4. The molecule has 1 saturated heterocycles. The fraction of sp³-hybridized carbons (Fsp3) is 0.417. The van der Waals surface area contributed by atoms with Crippen LogP contribution >= 0.6 is 0 Å². The molecule has 160 valence electrons. The number of likely N-dealkylation sites (tertiary alicyclic amines) is 1. The molecule has 1 fully saturated rings. The van der Waals surface area contributed by atoms with Crippen molar-refractivity contribution in [2.75, 3.05) is 31.6 Å². The Morgan fingerprint density at radius 3 is 2.60 bits per heavy atom. The van der Waals surface area contributed by atoms with Crippen LogP contribution in [-0.2, 0) is 16.0 Å². The maximum absolute atomic E-state index is 13.3. The van der Waals surface area contributed by atoms with Gasteiger partial charge in [-0.15, -0.1) is 0 Å². The Kier molecular flexibility index (Phi) is 7.85. The van der Waals surface area contributed by atoms with Gasteiger partial charge in [-0.1, -0.05) is 42.5 Å². The Balaban J connectivity index is 1.68. The molecule has 0 unspecified atom stereocenters. The third-order valence-corrected chi connectivity index (χ3v) is 5.71. The van der Waals surface area contributed by atoms with E-state index < -0.39 is 5.91 Å². The van der Waals surface area contributed by atoms with Gasteiger partial charge in [0.25, 0.3) is 0 Å². The van der Waals surface area contributed by atoms with Crippen LogP contribution in [0.2, 0.25) is 0 Å². The molecule has 1 aliphatic rings. The number of carbonyl (C=O) groups excluding carboxylic acids is 2. The van der Waals surface area contributed by atoms with E-state index in [1.165, 1.54) is 5.56 Å². The molecule has 30 heavy (non-hydrogen) atoms. The SMILES string of the molecule is COc1ccccc1N(CCC(N)=O)C(=O)CN1CCC[C@@H]1CCc1ccccc1. The van der Waals surface area contributed by atoms with E-state index in [9.17, 15) is 9.59 Å². The first kappa shape index (κ1) is 21.8. The van der Waals surface area contributed by atoms with Gasteiger partial charge in [-0.05, 0) is 49.9 Å². The molecule has 6 heteroatoms. The summed E-state index contributed by atoms with van der Waals surface area (Å²) in [6, 6.07) is 18.2. The molecular formula is C24H31N3O3. The number of hydrogen-bond donors (Lipinski definition) is 1. The number of aryl methyl sites for hydroxylation is 1. The predicted octanol–water partition coefficient (Wildman–Crippen LogP) is 3.00. The lowest BCUT2D eigenvalue weighted by molar-refractivity contribution is -0.120. The Morgan fingerprint density at radius 1 is 1.13 bits per heavy atom. The zero-order valence-electron chi connectivity index (χ0n) is 17.6. The highest BCUT2D eigenvalue weighted by Gasteiger charge is 2.29. The summed E-state index contributed by atoms with van der Waals surface area (Å²) in [5.41, 5.74) is 7.35. The van der Waals surface area contributed by atoms with Gasteiger partial charge < -0.3 is 15.4 Å². The maximum atomic E-state index is 13.3. The first-order chi connectivity index (χ1) is 14.6. The fourth-order valence-corrected chi connectivity index (χ4v) is 4.12. The van der Waals surface area contributed by atoms with E-state index >= 15 is 0 Å². The number of nitrogens with zero attached hydrogens (tertiary/aromatic N) is 2. The van der Waals surface area contributed by atoms with Gasteiger partial charge >= 0.3 is 0 Å². The molecular weight excluding hydrogens is 378 g/mol.